The van der Waals surface area contributed by atoms with Crippen molar-refractivity contribution >= 4 is 41.0 Å². The van der Waals surface area contributed by atoms with Crippen LogP contribution in [0.4, 0.5) is 23.1 Å². The molecule has 4 N–H and O–H groups in total. The average molecular weight is 443 g/mol. The van der Waals surface area contributed by atoms with Crippen molar-refractivity contribution in [2.75, 3.05) is 52.2 Å². The maximum Gasteiger partial charge on any atom is 0.258 e. The summed E-state index contributed by atoms with van der Waals surface area (Å²) in [6.07, 6.45) is 7.45. The first-order chi connectivity index (χ1) is 15.2. The first-order valence-corrected chi connectivity index (χ1v) is 12.0. The highest BCUT2D eigenvalue weighted by Gasteiger charge is 2.24. The summed E-state index contributed by atoms with van der Waals surface area (Å²) in [5.74, 6) is 2.09. The molecular formula is C22H30N6O2S. The van der Waals surface area contributed by atoms with Crippen molar-refractivity contribution in [3.05, 3.63) is 36.0 Å². The summed E-state index contributed by atoms with van der Waals surface area (Å²) in [7, 11) is 0. The Morgan fingerprint density at radius 2 is 2.13 bits per heavy atom. The molecule has 3 heterocycles. The normalized spacial score (nSPS) is 19.3. The van der Waals surface area contributed by atoms with E-state index < -0.39 is 0 Å². The fourth-order valence-electron chi connectivity index (χ4n) is 4.20. The van der Waals surface area contributed by atoms with Crippen LogP contribution in [0.15, 0.2) is 30.5 Å². The first-order valence-electron chi connectivity index (χ1n) is 11.0. The average Bonchev–Trinajstić information content (AvgIpc) is 2.79. The van der Waals surface area contributed by atoms with Crippen molar-refractivity contribution in [2.45, 2.75) is 32.1 Å². The Balaban J connectivity index is 1.65. The number of carbonyl (C=O) groups excluding carboxylic acids is 1. The summed E-state index contributed by atoms with van der Waals surface area (Å²) >= 11 is 1.46. The molecule has 1 amide bonds. The van der Waals surface area contributed by atoms with Gasteiger partial charge in [-0.15, -0.1) is 0 Å². The van der Waals surface area contributed by atoms with Gasteiger partial charge in [0.25, 0.3) is 5.91 Å². The second-order valence-electron chi connectivity index (χ2n) is 8.00. The molecule has 9 heteroatoms. The van der Waals surface area contributed by atoms with Gasteiger partial charge in [0.15, 0.2) is 0 Å². The number of anilines is 4. The molecule has 1 aromatic carbocycles. The number of piperidine rings is 1. The van der Waals surface area contributed by atoms with Gasteiger partial charge in [-0.2, -0.15) is 4.98 Å². The molecule has 31 heavy (non-hydrogen) atoms. The van der Waals surface area contributed by atoms with Crippen LogP contribution in [-0.2, 0) is 0 Å². The number of fused-ring (bicyclic) bond motifs is 6. The molecule has 2 aliphatic heterocycles. The number of carbonyl (C=O) groups is 1. The predicted molar refractivity (Wildman–Crippen MR) is 127 cm³/mol. The van der Waals surface area contributed by atoms with Crippen molar-refractivity contribution in [1.82, 2.24) is 9.97 Å². The number of nitrogens with one attached hydrogen (secondary N) is 3. The zero-order valence-electron chi connectivity index (χ0n) is 17.6. The van der Waals surface area contributed by atoms with Crippen LogP contribution in [0.25, 0.3) is 0 Å². The number of benzene rings is 1. The molecule has 0 aliphatic carbocycles. The van der Waals surface area contributed by atoms with Crippen LogP contribution in [0, 0.1) is 5.92 Å². The fourth-order valence-corrected chi connectivity index (χ4v) is 4.69. The number of hydrogen-bond donors (Lipinski definition) is 4. The summed E-state index contributed by atoms with van der Waals surface area (Å²) in [4.78, 5) is 24.3. The van der Waals surface area contributed by atoms with Crippen LogP contribution in [-0.4, -0.2) is 53.0 Å². The van der Waals surface area contributed by atoms with Crippen LogP contribution in [0.1, 0.15) is 42.5 Å². The van der Waals surface area contributed by atoms with Gasteiger partial charge in [-0.25, -0.2) is 4.98 Å². The minimum Gasteiger partial charge on any atom is -0.395 e. The van der Waals surface area contributed by atoms with Gasteiger partial charge < -0.3 is 25.4 Å². The summed E-state index contributed by atoms with van der Waals surface area (Å²) < 4.78 is 3.27. The topological polar surface area (TPSA) is 102 Å². The van der Waals surface area contributed by atoms with Crippen LogP contribution < -0.4 is 20.3 Å². The number of rotatable bonds is 4. The number of aliphatic hydroxyl groups excluding tert-OH is 1. The molecule has 166 valence electrons. The van der Waals surface area contributed by atoms with E-state index in [0.29, 0.717) is 29.0 Å². The Morgan fingerprint density at radius 1 is 1.23 bits per heavy atom. The quantitative estimate of drug-likeness (QED) is 0.421. The van der Waals surface area contributed by atoms with Crippen LogP contribution in [0.2, 0.25) is 0 Å². The Hall–Kier alpha value is -2.52. The highest BCUT2D eigenvalue weighted by molar-refractivity contribution is 8.00. The molecule has 2 aromatic rings. The third-order valence-corrected chi connectivity index (χ3v) is 6.47. The lowest BCUT2D eigenvalue weighted by atomic mass is 9.92. The predicted octanol–water partition coefficient (Wildman–Crippen LogP) is 3.59. The summed E-state index contributed by atoms with van der Waals surface area (Å²) in [6, 6.07) is 7.53. The number of nitrogens with zero attached hydrogens (tertiary/aromatic N) is 3. The van der Waals surface area contributed by atoms with E-state index in [1.807, 2.05) is 18.2 Å². The minimum absolute atomic E-state index is 0.120. The standard InChI is InChI=1S/C22H30N6O2S/c29-12-13-31-27-17-6-7-18-19(14-17)28-11-3-5-16(15-28)4-1-2-9-23-22-24-10-8-20(26-22)25-21(18)30/h6-8,10,14,16,27,29H,1-5,9,11-13,15H2,(H2,23,24,25,26,30). The Labute approximate surface area is 187 Å². The summed E-state index contributed by atoms with van der Waals surface area (Å²) in [5.41, 5.74) is 2.51. The van der Waals surface area contributed by atoms with E-state index in [4.69, 9.17) is 5.11 Å². The second kappa shape index (κ2) is 10.7. The molecule has 0 radical (unpaired) electrons. The number of amides is 1. The first kappa shape index (κ1) is 21.7. The molecular weight excluding hydrogens is 412 g/mol. The molecule has 4 rings (SSSR count). The van der Waals surface area contributed by atoms with E-state index in [1.54, 1.807) is 12.3 Å². The van der Waals surface area contributed by atoms with E-state index >= 15 is 0 Å². The van der Waals surface area contributed by atoms with Gasteiger partial charge in [-0.1, -0.05) is 18.4 Å². The number of aromatic nitrogens is 2. The lowest BCUT2D eigenvalue weighted by Gasteiger charge is -2.35. The third-order valence-electron chi connectivity index (χ3n) is 5.70. The van der Waals surface area contributed by atoms with E-state index in [0.717, 1.165) is 50.3 Å². The largest absolute Gasteiger partial charge is 0.395 e. The van der Waals surface area contributed by atoms with E-state index in [-0.39, 0.29) is 12.5 Å². The van der Waals surface area contributed by atoms with E-state index in [1.165, 1.54) is 24.8 Å². The van der Waals surface area contributed by atoms with E-state index in [2.05, 4.69) is 30.2 Å². The number of aliphatic hydroxyl groups is 1. The van der Waals surface area contributed by atoms with E-state index in [9.17, 15) is 4.79 Å². The molecule has 2 aliphatic rings. The molecule has 1 saturated heterocycles. The lowest BCUT2D eigenvalue weighted by molar-refractivity contribution is 0.102. The van der Waals surface area contributed by atoms with Crippen molar-refractivity contribution in [3.63, 3.8) is 0 Å². The molecule has 1 fully saturated rings. The molecule has 8 nitrogen and oxygen atoms in total. The SMILES string of the molecule is O=C1Nc2ccnc(n2)NCCCCC2CCCN(C2)c2cc(NSCCO)ccc21. The smallest absolute Gasteiger partial charge is 0.258 e. The third kappa shape index (κ3) is 5.80. The van der Waals surface area contributed by atoms with Gasteiger partial charge in [-0.3, -0.25) is 4.79 Å². The Kier molecular flexibility index (Phi) is 7.48. The summed E-state index contributed by atoms with van der Waals surface area (Å²) in [5, 5.41) is 15.2. The van der Waals surface area contributed by atoms with Gasteiger partial charge in [0.1, 0.15) is 5.82 Å². The highest BCUT2D eigenvalue weighted by Crippen LogP contribution is 2.32. The van der Waals surface area contributed by atoms with Crippen molar-refractivity contribution in [3.8, 4) is 0 Å². The molecule has 1 atom stereocenters. The molecule has 0 saturated carbocycles. The molecule has 1 unspecified atom stereocenters. The van der Waals surface area contributed by atoms with Gasteiger partial charge >= 0.3 is 0 Å². The molecule has 4 bridgehead atoms. The van der Waals surface area contributed by atoms with Gasteiger partial charge in [0.05, 0.1) is 17.9 Å². The highest BCUT2D eigenvalue weighted by atomic mass is 32.2. The monoisotopic (exact) mass is 442 g/mol. The molecule has 1 aromatic heterocycles. The second-order valence-corrected chi connectivity index (χ2v) is 8.90. The summed E-state index contributed by atoms with van der Waals surface area (Å²) in [6.45, 7) is 2.86. The maximum atomic E-state index is 13.2. The Bertz CT molecular complexity index is 896. The van der Waals surface area contributed by atoms with Crippen LogP contribution in [0.3, 0.4) is 0 Å². The maximum absolute atomic E-state index is 13.2. The zero-order valence-corrected chi connectivity index (χ0v) is 18.5. The van der Waals surface area contributed by atoms with Crippen molar-refractivity contribution in [2.24, 2.45) is 5.92 Å². The van der Waals surface area contributed by atoms with Gasteiger partial charge in [0.2, 0.25) is 5.95 Å². The van der Waals surface area contributed by atoms with Gasteiger partial charge in [0, 0.05) is 37.3 Å². The lowest BCUT2D eigenvalue weighted by Crippen LogP contribution is -2.36. The van der Waals surface area contributed by atoms with Crippen LogP contribution >= 0.6 is 11.9 Å². The minimum atomic E-state index is -0.175. The molecule has 0 spiro atoms. The van der Waals surface area contributed by atoms with Gasteiger partial charge in [-0.05, 0) is 55.9 Å². The fraction of sp³-hybridized carbons (Fsp3) is 0.500. The van der Waals surface area contributed by atoms with Crippen LogP contribution in [0.5, 0.6) is 0 Å². The Morgan fingerprint density at radius 3 is 3.03 bits per heavy atom. The van der Waals surface area contributed by atoms with Crippen molar-refractivity contribution in [1.29, 1.82) is 0 Å². The van der Waals surface area contributed by atoms with Crippen molar-refractivity contribution < 1.29 is 9.90 Å². The zero-order chi connectivity index (χ0) is 21.5. The number of hydrogen-bond acceptors (Lipinski definition) is 8.